The molecule has 1 heterocycles. The smallest absolute Gasteiger partial charge is 0.314 e. The van der Waals surface area contributed by atoms with Crippen molar-refractivity contribution in [1.82, 2.24) is 10.3 Å². The van der Waals surface area contributed by atoms with E-state index in [0.29, 0.717) is 10.8 Å². The van der Waals surface area contributed by atoms with Gasteiger partial charge >= 0.3 is 6.03 Å². The summed E-state index contributed by atoms with van der Waals surface area (Å²) in [6.45, 7) is 2.01. The molecule has 20 heavy (non-hydrogen) atoms. The van der Waals surface area contributed by atoms with Gasteiger partial charge in [-0.2, -0.15) is 0 Å². The lowest BCUT2D eigenvalue weighted by Gasteiger charge is -2.03. The molecular formula is C15H14ClN3O. The number of amides is 2. The third kappa shape index (κ3) is 4.10. The lowest BCUT2D eigenvalue weighted by atomic mass is 10.1. The monoisotopic (exact) mass is 287 g/mol. The average molecular weight is 288 g/mol. The van der Waals surface area contributed by atoms with E-state index in [1.54, 1.807) is 18.3 Å². The van der Waals surface area contributed by atoms with Crippen LogP contribution in [0.2, 0.25) is 5.02 Å². The highest BCUT2D eigenvalue weighted by atomic mass is 35.5. The van der Waals surface area contributed by atoms with Crippen LogP contribution in [0.5, 0.6) is 0 Å². The van der Waals surface area contributed by atoms with Crippen LogP contribution in [-0.2, 0) is 0 Å². The highest BCUT2D eigenvalue weighted by Crippen LogP contribution is 2.10. The van der Waals surface area contributed by atoms with Gasteiger partial charge in [0.2, 0.25) is 0 Å². The quantitative estimate of drug-likeness (QED) is 0.901. The van der Waals surface area contributed by atoms with Gasteiger partial charge in [0.15, 0.2) is 0 Å². The lowest BCUT2D eigenvalue weighted by molar-refractivity contribution is 0.255. The Balaban J connectivity index is 1.89. The standard InChI is InChI=1S/C15H14ClN3O/c1-11-4-2-3-5-12(11)8-9-17-15(20)19-14-7-6-13(16)10-18-14/h2-10H,1H3,(H2,17,18,19,20)/b9-8+. The van der Waals surface area contributed by atoms with Crippen LogP contribution >= 0.6 is 11.6 Å². The molecule has 0 fully saturated rings. The number of benzene rings is 1. The molecule has 1 aromatic heterocycles. The fraction of sp³-hybridized carbons (Fsp3) is 0.0667. The summed E-state index contributed by atoms with van der Waals surface area (Å²) in [4.78, 5) is 15.6. The zero-order valence-electron chi connectivity index (χ0n) is 10.9. The summed E-state index contributed by atoms with van der Waals surface area (Å²) in [5, 5.41) is 5.74. The SMILES string of the molecule is Cc1ccccc1/C=C/NC(=O)Nc1ccc(Cl)cn1. The summed E-state index contributed by atoms with van der Waals surface area (Å²) < 4.78 is 0. The minimum Gasteiger partial charge on any atom is -0.314 e. The molecule has 102 valence electrons. The van der Waals surface area contributed by atoms with Crippen LogP contribution in [0.15, 0.2) is 48.8 Å². The van der Waals surface area contributed by atoms with Gasteiger partial charge in [-0.3, -0.25) is 5.32 Å². The fourth-order valence-corrected chi connectivity index (χ4v) is 1.69. The third-order valence-corrected chi connectivity index (χ3v) is 2.86. The first-order chi connectivity index (χ1) is 9.65. The lowest BCUT2D eigenvalue weighted by Crippen LogP contribution is -2.24. The van der Waals surface area contributed by atoms with Gasteiger partial charge in [-0.05, 0) is 36.3 Å². The Labute approximate surface area is 122 Å². The summed E-state index contributed by atoms with van der Waals surface area (Å²) in [5.41, 5.74) is 2.20. The Kier molecular flexibility index (Phi) is 4.74. The van der Waals surface area contributed by atoms with E-state index in [-0.39, 0.29) is 6.03 Å². The number of nitrogens with zero attached hydrogens (tertiary/aromatic N) is 1. The number of aromatic nitrogens is 1. The number of carbonyl (C=O) groups excluding carboxylic acids is 1. The molecule has 0 atom stereocenters. The normalized spacial score (nSPS) is 10.5. The van der Waals surface area contributed by atoms with Gasteiger partial charge in [0, 0.05) is 12.4 Å². The molecule has 0 aliphatic carbocycles. The van der Waals surface area contributed by atoms with Crippen molar-refractivity contribution in [3.63, 3.8) is 0 Å². The van der Waals surface area contributed by atoms with E-state index in [1.807, 2.05) is 37.3 Å². The van der Waals surface area contributed by atoms with Crippen LogP contribution in [0.25, 0.3) is 6.08 Å². The topological polar surface area (TPSA) is 54.0 Å². The van der Waals surface area contributed by atoms with Crippen LogP contribution in [0.4, 0.5) is 10.6 Å². The summed E-state index contributed by atoms with van der Waals surface area (Å²) in [6, 6.07) is 10.8. The maximum Gasteiger partial charge on any atom is 0.324 e. The van der Waals surface area contributed by atoms with E-state index >= 15 is 0 Å². The molecule has 0 aliphatic rings. The van der Waals surface area contributed by atoms with Crippen LogP contribution in [-0.4, -0.2) is 11.0 Å². The zero-order chi connectivity index (χ0) is 14.4. The van der Waals surface area contributed by atoms with Crippen molar-refractivity contribution >= 4 is 29.5 Å². The van der Waals surface area contributed by atoms with E-state index in [0.717, 1.165) is 11.1 Å². The number of aryl methyl sites for hydroxylation is 1. The number of rotatable bonds is 3. The van der Waals surface area contributed by atoms with Crippen LogP contribution in [0.3, 0.4) is 0 Å². The van der Waals surface area contributed by atoms with Crippen molar-refractivity contribution in [2.24, 2.45) is 0 Å². The van der Waals surface area contributed by atoms with Gasteiger partial charge in [0.05, 0.1) is 5.02 Å². The van der Waals surface area contributed by atoms with Gasteiger partial charge in [0.1, 0.15) is 5.82 Å². The number of hydrogen-bond donors (Lipinski definition) is 2. The van der Waals surface area contributed by atoms with E-state index in [9.17, 15) is 4.79 Å². The molecule has 0 aliphatic heterocycles. The van der Waals surface area contributed by atoms with Crippen molar-refractivity contribution in [1.29, 1.82) is 0 Å². The van der Waals surface area contributed by atoms with Gasteiger partial charge in [-0.15, -0.1) is 0 Å². The molecule has 0 radical (unpaired) electrons. The molecule has 5 heteroatoms. The minimum atomic E-state index is -0.357. The molecule has 2 rings (SSSR count). The molecule has 2 N–H and O–H groups in total. The Morgan fingerprint density at radius 1 is 1.25 bits per heavy atom. The first kappa shape index (κ1) is 14.1. The molecule has 2 amide bonds. The second kappa shape index (κ2) is 6.73. The van der Waals surface area contributed by atoms with Gasteiger partial charge in [-0.25, -0.2) is 9.78 Å². The molecular weight excluding hydrogens is 274 g/mol. The first-order valence-corrected chi connectivity index (χ1v) is 6.44. The number of anilines is 1. The molecule has 0 unspecified atom stereocenters. The predicted octanol–water partition coefficient (Wildman–Crippen LogP) is 3.84. The van der Waals surface area contributed by atoms with Crippen LogP contribution < -0.4 is 10.6 Å². The summed E-state index contributed by atoms with van der Waals surface area (Å²) in [6.07, 6.45) is 4.90. The van der Waals surface area contributed by atoms with E-state index in [2.05, 4.69) is 15.6 Å². The number of hydrogen-bond acceptors (Lipinski definition) is 2. The fourth-order valence-electron chi connectivity index (χ4n) is 1.58. The number of nitrogens with one attached hydrogen (secondary N) is 2. The molecule has 0 spiro atoms. The number of urea groups is 1. The largest absolute Gasteiger partial charge is 0.324 e. The number of halogens is 1. The molecule has 0 saturated heterocycles. The van der Waals surface area contributed by atoms with E-state index < -0.39 is 0 Å². The van der Waals surface area contributed by atoms with Crippen molar-refractivity contribution in [3.05, 3.63) is 64.9 Å². The Hall–Kier alpha value is -2.33. The molecule has 2 aromatic rings. The highest BCUT2D eigenvalue weighted by molar-refractivity contribution is 6.30. The molecule has 4 nitrogen and oxygen atoms in total. The second-order valence-corrected chi connectivity index (χ2v) is 4.59. The number of pyridine rings is 1. The summed E-state index contributed by atoms with van der Waals surface area (Å²) in [7, 11) is 0. The maximum atomic E-state index is 11.6. The van der Waals surface area contributed by atoms with Gasteiger partial charge in [-0.1, -0.05) is 35.9 Å². The Morgan fingerprint density at radius 2 is 2.05 bits per heavy atom. The highest BCUT2D eigenvalue weighted by Gasteiger charge is 2.00. The van der Waals surface area contributed by atoms with E-state index in [1.165, 1.54) is 6.20 Å². The van der Waals surface area contributed by atoms with Gasteiger partial charge in [0.25, 0.3) is 0 Å². The third-order valence-electron chi connectivity index (χ3n) is 2.63. The zero-order valence-corrected chi connectivity index (χ0v) is 11.7. The molecule has 1 aromatic carbocycles. The van der Waals surface area contributed by atoms with Crippen molar-refractivity contribution in [3.8, 4) is 0 Å². The van der Waals surface area contributed by atoms with Crippen molar-refractivity contribution < 1.29 is 4.79 Å². The first-order valence-electron chi connectivity index (χ1n) is 6.06. The van der Waals surface area contributed by atoms with Crippen molar-refractivity contribution in [2.45, 2.75) is 6.92 Å². The second-order valence-electron chi connectivity index (χ2n) is 4.15. The van der Waals surface area contributed by atoms with Crippen LogP contribution in [0, 0.1) is 6.92 Å². The van der Waals surface area contributed by atoms with Gasteiger partial charge < -0.3 is 5.32 Å². The molecule has 0 bridgehead atoms. The minimum absolute atomic E-state index is 0.357. The van der Waals surface area contributed by atoms with Crippen molar-refractivity contribution in [2.75, 3.05) is 5.32 Å². The summed E-state index contributed by atoms with van der Waals surface area (Å²) >= 11 is 5.71. The Morgan fingerprint density at radius 3 is 2.75 bits per heavy atom. The summed E-state index contributed by atoms with van der Waals surface area (Å²) in [5.74, 6) is 0.441. The predicted molar refractivity (Wildman–Crippen MR) is 81.6 cm³/mol. The Bertz CT molecular complexity index is 623. The van der Waals surface area contributed by atoms with E-state index in [4.69, 9.17) is 11.6 Å². The maximum absolute atomic E-state index is 11.6. The number of carbonyl (C=O) groups is 1. The molecule has 0 saturated carbocycles. The van der Waals surface area contributed by atoms with Crippen LogP contribution in [0.1, 0.15) is 11.1 Å². The average Bonchev–Trinajstić information content (AvgIpc) is 2.43.